The maximum atomic E-state index is 13.0. The SMILES string of the molecule is CCn1nccc1N1CCCC(NC(=O)N2CC3C4C=CC(O4)C3C2)C1=O. The standard InChI is InChI=1S/C19H25N5O3/c1-2-24-17(7-8-20-24)23-9-3-4-14(18(23)25)21-19(26)22-10-12-13(11-22)16-6-5-15(12)27-16/h5-8,12-16H,2-4,9-11H2,1H3,(H,21,26). The van der Waals surface area contributed by atoms with E-state index in [0.29, 0.717) is 44.4 Å². The third-order valence-electron chi connectivity index (χ3n) is 6.35. The van der Waals surface area contributed by atoms with Gasteiger partial charge in [-0.1, -0.05) is 12.2 Å². The molecule has 0 aromatic carbocycles. The first kappa shape index (κ1) is 16.8. The summed E-state index contributed by atoms with van der Waals surface area (Å²) < 4.78 is 7.69. The van der Waals surface area contributed by atoms with Crippen molar-refractivity contribution in [3.05, 3.63) is 24.4 Å². The smallest absolute Gasteiger partial charge is 0.318 e. The van der Waals surface area contributed by atoms with E-state index in [9.17, 15) is 9.59 Å². The molecule has 0 spiro atoms. The summed E-state index contributed by atoms with van der Waals surface area (Å²) in [4.78, 5) is 29.4. The number of fused-ring (bicyclic) bond motifs is 5. The average molecular weight is 371 g/mol. The maximum Gasteiger partial charge on any atom is 0.318 e. The molecule has 0 radical (unpaired) electrons. The Morgan fingerprint density at radius 1 is 1.30 bits per heavy atom. The number of hydrogen-bond acceptors (Lipinski definition) is 4. The summed E-state index contributed by atoms with van der Waals surface area (Å²) in [7, 11) is 0. The number of aromatic nitrogens is 2. The number of carbonyl (C=O) groups excluding carboxylic acids is 2. The zero-order valence-corrected chi connectivity index (χ0v) is 15.5. The second kappa shape index (κ2) is 6.37. The van der Waals surface area contributed by atoms with Crippen molar-refractivity contribution in [1.29, 1.82) is 0 Å². The van der Waals surface area contributed by atoms with Crippen LogP contribution < -0.4 is 10.2 Å². The number of nitrogens with one attached hydrogen (secondary N) is 1. The van der Waals surface area contributed by atoms with Gasteiger partial charge in [-0.15, -0.1) is 0 Å². The fourth-order valence-electron chi connectivity index (χ4n) is 4.97. The van der Waals surface area contributed by atoms with Gasteiger partial charge in [0.25, 0.3) is 5.91 Å². The lowest BCUT2D eigenvalue weighted by atomic mass is 9.86. The van der Waals surface area contributed by atoms with Gasteiger partial charge in [0.15, 0.2) is 0 Å². The summed E-state index contributed by atoms with van der Waals surface area (Å²) >= 11 is 0. The monoisotopic (exact) mass is 371 g/mol. The van der Waals surface area contributed by atoms with Gasteiger partial charge in [0.2, 0.25) is 0 Å². The second-order valence-electron chi connectivity index (χ2n) is 7.82. The Morgan fingerprint density at radius 2 is 2.04 bits per heavy atom. The molecule has 0 aliphatic carbocycles. The van der Waals surface area contributed by atoms with Gasteiger partial charge in [0, 0.05) is 44.1 Å². The predicted octanol–water partition coefficient (Wildman–Crippen LogP) is 0.993. The van der Waals surface area contributed by atoms with E-state index in [2.05, 4.69) is 22.6 Å². The van der Waals surface area contributed by atoms with Crippen LogP contribution >= 0.6 is 0 Å². The largest absolute Gasteiger partial charge is 0.366 e. The van der Waals surface area contributed by atoms with Crippen molar-refractivity contribution in [3.63, 3.8) is 0 Å². The highest BCUT2D eigenvalue weighted by molar-refractivity contribution is 5.99. The van der Waals surface area contributed by atoms with Gasteiger partial charge in [0.05, 0.1) is 18.4 Å². The Labute approximate surface area is 158 Å². The van der Waals surface area contributed by atoms with Gasteiger partial charge in [0.1, 0.15) is 11.9 Å². The molecule has 3 fully saturated rings. The highest BCUT2D eigenvalue weighted by Crippen LogP contribution is 2.43. The molecule has 5 unspecified atom stereocenters. The van der Waals surface area contributed by atoms with E-state index in [4.69, 9.17) is 4.74 Å². The normalized spacial score (nSPS) is 34.4. The summed E-state index contributed by atoms with van der Waals surface area (Å²) in [6, 6.07) is 1.25. The molecule has 4 aliphatic heterocycles. The zero-order valence-electron chi connectivity index (χ0n) is 15.5. The molecule has 4 aliphatic rings. The van der Waals surface area contributed by atoms with Crippen LogP contribution in [0.1, 0.15) is 19.8 Å². The number of aryl methyl sites for hydroxylation is 1. The van der Waals surface area contributed by atoms with Gasteiger partial charge >= 0.3 is 6.03 Å². The number of carbonyl (C=O) groups is 2. The minimum Gasteiger partial charge on any atom is -0.366 e. The van der Waals surface area contributed by atoms with E-state index in [1.54, 1.807) is 11.1 Å². The van der Waals surface area contributed by atoms with Crippen molar-refractivity contribution in [2.24, 2.45) is 11.8 Å². The molecular formula is C19H25N5O3. The van der Waals surface area contributed by atoms with Crippen LogP contribution in [0.25, 0.3) is 0 Å². The highest BCUT2D eigenvalue weighted by Gasteiger charge is 2.51. The molecule has 5 heterocycles. The molecule has 8 heteroatoms. The van der Waals surface area contributed by atoms with Crippen LogP contribution in [-0.2, 0) is 16.1 Å². The van der Waals surface area contributed by atoms with Crippen molar-refractivity contribution in [2.75, 3.05) is 24.5 Å². The molecule has 3 saturated heterocycles. The van der Waals surface area contributed by atoms with Crippen LogP contribution in [0.15, 0.2) is 24.4 Å². The lowest BCUT2D eigenvalue weighted by molar-refractivity contribution is -0.121. The number of hydrogen-bond donors (Lipinski definition) is 1. The molecule has 0 saturated carbocycles. The minimum absolute atomic E-state index is 0.0470. The number of rotatable bonds is 3. The fourth-order valence-corrected chi connectivity index (χ4v) is 4.97. The first-order valence-corrected chi connectivity index (χ1v) is 9.88. The van der Waals surface area contributed by atoms with E-state index in [1.807, 2.05) is 22.6 Å². The van der Waals surface area contributed by atoms with Crippen LogP contribution in [0.5, 0.6) is 0 Å². The molecule has 1 N–H and O–H groups in total. The molecule has 5 rings (SSSR count). The van der Waals surface area contributed by atoms with E-state index in [-0.39, 0.29) is 24.1 Å². The maximum absolute atomic E-state index is 13.0. The lowest BCUT2D eigenvalue weighted by Crippen LogP contribution is -2.55. The molecule has 1 aromatic rings. The number of amides is 3. The lowest BCUT2D eigenvalue weighted by Gasteiger charge is -2.33. The quantitative estimate of drug-likeness (QED) is 0.804. The summed E-state index contributed by atoms with van der Waals surface area (Å²) in [5.74, 6) is 1.54. The molecule has 3 amide bonds. The number of nitrogens with zero attached hydrogens (tertiary/aromatic N) is 4. The number of urea groups is 1. The van der Waals surface area contributed by atoms with Gasteiger partial charge in [-0.25, -0.2) is 9.48 Å². The molecule has 5 atom stereocenters. The van der Waals surface area contributed by atoms with Gasteiger partial charge in [-0.2, -0.15) is 5.10 Å². The van der Waals surface area contributed by atoms with Crippen LogP contribution in [0.4, 0.5) is 10.6 Å². The Bertz CT molecular complexity index is 770. The number of piperidine rings is 1. The first-order valence-electron chi connectivity index (χ1n) is 9.88. The molecule has 8 nitrogen and oxygen atoms in total. The van der Waals surface area contributed by atoms with Gasteiger partial charge in [-0.05, 0) is 19.8 Å². The van der Waals surface area contributed by atoms with Crippen LogP contribution in [0, 0.1) is 11.8 Å². The first-order chi connectivity index (χ1) is 13.2. The minimum atomic E-state index is -0.474. The average Bonchev–Trinajstić information content (AvgIpc) is 3.43. The van der Waals surface area contributed by atoms with E-state index >= 15 is 0 Å². The van der Waals surface area contributed by atoms with Crippen LogP contribution in [0.3, 0.4) is 0 Å². The third kappa shape index (κ3) is 2.65. The van der Waals surface area contributed by atoms with Gasteiger partial charge < -0.3 is 15.0 Å². The van der Waals surface area contributed by atoms with E-state index < -0.39 is 6.04 Å². The van der Waals surface area contributed by atoms with Crippen LogP contribution in [0.2, 0.25) is 0 Å². The second-order valence-corrected chi connectivity index (χ2v) is 7.82. The zero-order chi connectivity index (χ0) is 18.5. The van der Waals surface area contributed by atoms with Crippen molar-refractivity contribution >= 4 is 17.8 Å². The number of anilines is 1. The number of ether oxygens (including phenoxy) is 1. The Balaban J connectivity index is 1.24. The highest BCUT2D eigenvalue weighted by atomic mass is 16.5. The Kier molecular flexibility index (Phi) is 3.96. The Morgan fingerprint density at radius 3 is 2.74 bits per heavy atom. The van der Waals surface area contributed by atoms with E-state index in [0.717, 1.165) is 12.2 Å². The molecule has 1 aromatic heterocycles. The summed E-state index contributed by atoms with van der Waals surface area (Å²) in [6.07, 6.45) is 7.79. The summed E-state index contributed by atoms with van der Waals surface area (Å²) in [6.45, 7) is 4.78. The molecular weight excluding hydrogens is 346 g/mol. The molecule has 144 valence electrons. The van der Waals surface area contributed by atoms with Crippen LogP contribution in [-0.4, -0.2) is 64.5 Å². The summed E-state index contributed by atoms with van der Waals surface area (Å²) in [5, 5.41) is 7.24. The molecule has 2 bridgehead atoms. The van der Waals surface area contributed by atoms with Crippen molar-refractivity contribution in [3.8, 4) is 0 Å². The fraction of sp³-hybridized carbons (Fsp3) is 0.632. The third-order valence-corrected chi connectivity index (χ3v) is 6.35. The van der Waals surface area contributed by atoms with Gasteiger partial charge in [-0.3, -0.25) is 9.69 Å². The predicted molar refractivity (Wildman–Crippen MR) is 98.2 cm³/mol. The number of likely N-dealkylation sites (tertiary alicyclic amines) is 1. The van der Waals surface area contributed by atoms with Crippen molar-refractivity contribution < 1.29 is 14.3 Å². The molecule has 27 heavy (non-hydrogen) atoms. The van der Waals surface area contributed by atoms with E-state index in [1.165, 1.54) is 0 Å². The Hall–Kier alpha value is -2.35. The van der Waals surface area contributed by atoms with Crippen molar-refractivity contribution in [2.45, 2.75) is 44.6 Å². The van der Waals surface area contributed by atoms with Crippen molar-refractivity contribution in [1.82, 2.24) is 20.0 Å². The topological polar surface area (TPSA) is 79.7 Å². The summed E-state index contributed by atoms with van der Waals surface area (Å²) in [5.41, 5.74) is 0.